The van der Waals surface area contributed by atoms with Crippen molar-refractivity contribution >= 4 is 5.97 Å². The lowest BCUT2D eigenvalue weighted by Crippen LogP contribution is -2.30. The highest BCUT2D eigenvalue weighted by molar-refractivity contribution is 5.69. The second-order valence-electron chi connectivity index (χ2n) is 5.56. The lowest BCUT2D eigenvalue weighted by molar-refractivity contribution is -0.144. The van der Waals surface area contributed by atoms with Crippen molar-refractivity contribution < 1.29 is 9.53 Å². The first-order valence-electron chi connectivity index (χ1n) is 7.21. The first-order valence-corrected chi connectivity index (χ1v) is 7.21. The van der Waals surface area contributed by atoms with Gasteiger partial charge in [-0.1, -0.05) is 19.3 Å². The fourth-order valence-corrected chi connectivity index (χ4v) is 2.69. The lowest BCUT2D eigenvalue weighted by Gasteiger charge is -2.25. The summed E-state index contributed by atoms with van der Waals surface area (Å²) in [6.07, 6.45) is 9.25. The minimum atomic E-state index is 0.00916. The van der Waals surface area contributed by atoms with E-state index in [4.69, 9.17) is 4.74 Å². The molecule has 2 fully saturated rings. The normalized spacial score (nSPS) is 25.3. The quantitative estimate of drug-likeness (QED) is 0.724. The smallest absolute Gasteiger partial charge is 0.305 e. The number of piperidine rings is 1. The number of esters is 1. The molecule has 0 bridgehead atoms. The first-order chi connectivity index (χ1) is 8.34. The maximum absolute atomic E-state index is 11.5. The average Bonchev–Trinajstić information content (AvgIpc) is 2.31. The van der Waals surface area contributed by atoms with E-state index >= 15 is 0 Å². The molecule has 2 rings (SSSR count). The number of hydrogen-bond acceptors (Lipinski definition) is 3. The van der Waals surface area contributed by atoms with Crippen LogP contribution in [-0.4, -0.2) is 25.7 Å². The Bertz CT molecular complexity index is 232. The molecule has 1 saturated heterocycles. The molecule has 17 heavy (non-hydrogen) atoms. The van der Waals surface area contributed by atoms with Crippen LogP contribution in [0.4, 0.5) is 0 Å². The van der Waals surface area contributed by atoms with Crippen LogP contribution in [0, 0.1) is 11.8 Å². The van der Waals surface area contributed by atoms with Crippen LogP contribution in [0.15, 0.2) is 0 Å². The molecule has 0 spiro atoms. The van der Waals surface area contributed by atoms with E-state index in [1.807, 2.05) is 0 Å². The molecule has 1 N–H and O–H groups in total. The Morgan fingerprint density at radius 1 is 1.12 bits per heavy atom. The van der Waals surface area contributed by atoms with Crippen molar-refractivity contribution in [3.05, 3.63) is 0 Å². The summed E-state index contributed by atoms with van der Waals surface area (Å²) in [5.41, 5.74) is 0. The van der Waals surface area contributed by atoms with Crippen molar-refractivity contribution in [1.82, 2.24) is 5.32 Å². The second kappa shape index (κ2) is 7.00. The summed E-state index contributed by atoms with van der Waals surface area (Å²) in [6, 6.07) is 0. The zero-order valence-electron chi connectivity index (χ0n) is 10.7. The van der Waals surface area contributed by atoms with Gasteiger partial charge in [0.15, 0.2) is 0 Å². The van der Waals surface area contributed by atoms with Crippen LogP contribution in [0.1, 0.15) is 51.4 Å². The number of ether oxygens (including phenoxy) is 1. The predicted octanol–water partition coefficient (Wildman–Crippen LogP) is 2.50. The molecule has 2 aliphatic rings. The van der Waals surface area contributed by atoms with Crippen LogP contribution in [0.25, 0.3) is 0 Å². The lowest BCUT2D eigenvalue weighted by atomic mass is 9.83. The molecule has 98 valence electrons. The molecule has 3 nitrogen and oxygen atoms in total. The molecule has 1 atom stereocenters. The van der Waals surface area contributed by atoms with Gasteiger partial charge in [0.05, 0.1) is 6.61 Å². The molecule has 1 unspecified atom stereocenters. The zero-order chi connectivity index (χ0) is 11.9. The molecule has 1 saturated carbocycles. The summed E-state index contributed by atoms with van der Waals surface area (Å²) in [5, 5.41) is 3.38. The van der Waals surface area contributed by atoms with E-state index in [9.17, 15) is 4.79 Å². The Balaban J connectivity index is 1.47. The summed E-state index contributed by atoms with van der Waals surface area (Å²) in [5.74, 6) is 1.53. The SMILES string of the molecule is O=C(CCC1CCCNC1)OCCC1CCC1. The molecule has 1 heterocycles. The summed E-state index contributed by atoms with van der Waals surface area (Å²) >= 11 is 0. The van der Waals surface area contributed by atoms with Gasteiger partial charge < -0.3 is 10.1 Å². The Hall–Kier alpha value is -0.570. The fraction of sp³-hybridized carbons (Fsp3) is 0.929. The number of carbonyl (C=O) groups is 1. The molecule has 1 aliphatic carbocycles. The van der Waals surface area contributed by atoms with E-state index in [-0.39, 0.29) is 5.97 Å². The van der Waals surface area contributed by atoms with Crippen LogP contribution < -0.4 is 5.32 Å². The van der Waals surface area contributed by atoms with Crippen LogP contribution in [0.5, 0.6) is 0 Å². The Morgan fingerprint density at radius 2 is 1.94 bits per heavy atom. The maximum Gasteiger partial charge on any atom is 0.305 e. The molecule has 0 aromatic rings. The molecular formula is C14H25NO2. The largest absolute Gasteiger partial charge is 0.466 e. The standard InChI is InChI=1S/C14H25NO2/c16-14(17-10-8-12-3-1-4-12)7-6-13-5-2-9-15-11-13/h12-13,15H,1-11H2. The van der Waals surface area contributed by atoms with E-state index in [2.05, 4.69) is 5.32 Å². The first kappa shape index (κ1) is 12.9. The molecule has 3 heteroatoms. The number of nitrogens with one attached hydrogen (secondary N) is 1. The molecular weight excluding hydrogens is 214 g/mol. The minimum Gasteiger partial charge on any atom is -0.466 e. The third kappa shape index (κ3) is 4.66. The number of rotatable bonds is 6. The molecule has 0 aromatic carbocycles. The van der Waals surface area contributed by atoms with Gasteiger partial charge in [0, 0.05) is 6.42 Å². The highest BCUT2D eigenvalue weighted by atomic mass is 16.5. The van der Waals surface area contributed by atoms with E-state index in [1.165, 1.54) is 32.1 Å². The van der Waals surface area contributed by atoms with Crippen LogP contribution in [0.2, 0.25) is 0 Å². The average molecular weight is 239 g/mol. The Kier molecular flexibility index (Phi) is 5.30. The molecule has 0 radical (unpaired) electrons. The highest BCUT2D eigenvalue weighted by Gasteiger charge is 2.18. The van der Waals surface area contributed by atoms with Gasteiger partial charge >= 0.3 is 5.97 Å². The third-order valence-corrected chi connectivity index (χ3v) is 4.17. The summed E-state index contributed by atoms with van der Waals surface area (Å²) < 4.78 is 5.28. The van der Waals surface area contributed by atoms with Crippen molar-refractivity contribution in [2.45, 2.75) is 51.4 Å². The molecule has 0 aromatic heterocycles. The van der Waals surface area contributed by atoms with E-state index in [1.54, 1.807) is 0 Å². The molecule has 0 amide bonds. The minimum absolute atomic E-state index is 0.00916. The van der Waals surface area contributed by atoms with Gasteiger partial charge in [-0.15, -0.1) is 0 Å². The summed E-state index contributed by atoms with van der Waals surface area (Å²) in [4.78, 5) is 11.5. The summed E-state index contributed by atoms with van der Waals surface area (Å²) in [7, 11) is 0. The van der Waals surface area contributed by atoms with Crippen molar-refractivity contribution in [1.29, 1.82) is 0 Å². The van der Waals surface area contributed by atoms with Crippen molar-refractivity contribution in [2.24, 2.45) is 11.8 Å². The van der Waals surface area contributed by atoms with Crippen molar-refractivity contribution in [3.8, 4) is 0 Å². The van der Waals surface area contributed by atoms with Crippen LogP contribution in [0.3, 0.4) is 0 Å². The second-order valence-corrected chi connectivity index (χ2v) is 5.56. The van der Waals surface area contributed by atoms with Gasteiger partial charge in [-0.05, 0) is 50.6 Å². The topological polar surface area (TPSA) is 38.3 Å². The Labute approximate surface area is 104 Å². The van der Waals surface area contributed by atoms with Gasteiger partial charge in [-0.2, -0.15) is 0 Å². The van der Waals surface area contributed by atoms with E-state index in [0.29, 0.717) is 18.9 Å². The van der Waals surface area contributed by atoms with E-state index in [0.717, 1.165) is 31.8 Å². The predicted molar refractivity (Wildman–Crippen MR) is 67.7 cm³/mol. The maximum atomic E-state index is 11.5. The van der Waals surface area contributed by atoms with Crippen LogP contribution in [-0.2, 0) is 9.53 Å². The van der Waals surface area contributed by atoms with Gasteiger partial charge in [-0.25, -0.2) is 0 Å². The fourth-order valence-electron chi connectivity index (χ4n) is 2.69. The monoisotopic (exact) mass is 239 g/mol. The van der Waals surface area contributed by atoms with Gasteiger partial charge in [0.1, 0.15) is 0 Å². The molecule has 1 aliphatic heterocycles. The third-order valence-electron chi connectivity index (χ3n) is 4.17. The van der Waals surface area contributed by atoms with Gasteiger partial charge in [-0.3, -0.25) is 4.79 Å². The van der Waals surface area contributed by atoms with Crippen molar-refractivity contribution in [3.63, 3.8) is 0 Å². The van der Waals surface area contributed by atoms with Gasteiger partial charge in [0.25, 0.3) is 0 Å². The van der Waals surface area contributed by atoms with E-state index < -0.39 is 0 Å². The zero-order valence-corrected chi connectivity index (χ0v) is 10.7. The summed E-state index contributed by atoms with van der Waals surface area (Å²) in [6.45, 7) is 2.87. The van der Waals surface area contributed by atoms with Gasteiger partial charge in [0.2, 0.25) is 0 Å². The van der Waals surface area contributed by atoms with Crippen molar-refractivity contribution in [2.75, 3.05) is 19.7 Å². The highest BCUT2D eigenvalue weighted by Crippen LogP contribution is 2.29. The van der Waals surface area contributed by atoms with Crippen LogP contribution >= 0.6 is 0 Å². The Morgan fingerprint density at radius 3 is 2.59 bits per heavy atom. The number of hydrogen-bond donors (Lipinski definition) is 1. The number of carbonyl (C=O) groups excluding carboxylic acids is 1.